The molecule has 0 spiro atoms. The predicted octanol–water partition coefficient (Wildman–Crippen LogP) is 2.84. The van der Waals surface area contributed by atoms with Gasteiger partial charge >= 0.3 is 5.97 Å². The Balaban J connectivity index is 2.09. The van der Waals surface area contributed by atoms with Gasteiger partial charge in [0, 0.05) is 19.3 Å². The molecule has 0 unspecified atom stereocenters. The summed E-state index contributed by atoms with van der Waals surface area (Å²) in [7, 11) is 1.32. The van der Waals surface area contributed by atoms with Crippen molar-refractivity contribution in [3.05, 3.63) is 23.5 Å². The topological polar surface area (TPSA) is 62.4 Å². The molecule has 1 fully saturated rings. The van der Waals surface area contributed by atoms with Gasteiger partial charge in [0.15, 0.2) is 0 Å². The van der Waals surface area contributed by atoms with Crippen molar-refractivity contribution in [3.63, 3.8) is 0 Å². The van der Waals surface area contributed by atoms with Crippen LogP contribution in [0.5, 0.6) is 0 Å². The van der Waals surface area contributed by atoms with E-state index in [1.54, 1.807) is 12.3 Å². The van der Waals surface area contributed by atoms with Crippen LogP contribution in [0.4, 0.5) is 0 Å². The molecule has 1 aliphatic rings. The average molecular weight is 292 g/mol. The number of nitrogens with one attached hydrogen (secondary N) is 1. The molecule has 0 radical (unpaired) electrons. The number of likely N-dealkylation sites (tertiary alicyclic amines) is 1. The molecule has 1 aromatic heterocycles. The molecule has 2 heterocycles. The van der Waals surface area contributed by atoms with E-state index in [2.05, 4.69) is 23.6 Å². The molecule has 5 heteroatoms. The number of hydrogen-bond acceptors (Lipinski definition) is 3. The van der Waals surface area contributed by atoms with Gasteiger partial charge in [-0.3, -0.25) is 4.79 Å². The van der Waals surface area contributed by atoms with Crippen molar-refractivity contribution in [2.45, 2.75) is 39.5 Å². The van der Waals surface area contributed by atoms with Gasteiger partial charge in [0.25, 0.3) is 5.91 Å². The Morgan fingerprint density at radius 3 is 2.90 bits per heavy atom. The zero-order chi connectivity index (χ0) is 15.5. The molecule has 116 valence electrons. The van der Waals surface area contributed by atoms with Crippen molar-refractivity contribution in [3.8, 4) is 0 Å². The van der Waals surface area contributed by atoms with Crippen LogP contribution in [0.3, 0.4) is 0 Å². The summed E-state index contributed by atoms with van der Waals surface area (Å²) in [5, 5.41) is 0. The second kappa shape index (κ2) is 6.33. The van der Waals surface area contributed by atoms with Gasteiger partial charge in [-0.15, -0.1) is 0 Å². The number of piperidine rings is 1. The lowest BCUT2D eigenvalue weighted by Crippen LogP contribution is -2.44. The third kappa shape index (κ3) is 3.46. The summed E-state index contributed by atoms with van der Waals surface area (Å²) in [4.78, 5) is 28.7. The maximum absolute atomic E-state index is 12.6. The van der Waals surface area contributed by atoms with E-state index in [0.29, 0.717) is 11.3 Å². The van der Waals surface area contributed by atoms with E-state index in [1.165, 1.54) is 13.5 Å². The van der Waals surface area contributed by atoms with Gasteiger partial charge in [-0.05, 0) is 30.7 Å². The highest BCUT2D eigenvalue weighted by atomic mass is 16.5. The Labute approximate surface area is 125 Å². The summed E-state index contributed by atoms with van der Waals surface area (Å²) in [5.41, 5.74) is 1.05. The molecule has 1 saturated heterocycles. The first-order chi connectivity index (χ1) is 9.99. The lowest BCUT2D eigenvalue weighted by atomic mass is 9.78. The number of esters is 1. The zero-order valence-electron chi connectivity index (χ0n) is 13.1. The number of nitrogens with zero attached hydrogens (tertiary/aromatic N) is 1. The van der Waals surface area contributed by atoms with Crippen LogP contribution in [0, 0.1) is 5.41 Å². The predicted molar refractivity (Wildman–Crippen MR) is 80.3 cm³/mol. The molecule has 5 nitrogen and oxygen atoms in total. The minimum Gasteiger partial charge on any atom is -0.464 e. The van der Waals surface area contributed by atoms with Crippen molar-refractivity contribution in [2.24, 2.45) is 5.41 Å². The number of hydrogen-bond donors (Lipinski definition) is 1. The van der Waals surface area contributed by atoms with E-state index in [-0.39, 0.29) is 11.3 Å². The standard InChI is InChI=1S/C16H24N2O3/c1-4-6-16(2)7-5-8-18(11-16)14(19)12-9-13(17-10-12)15(20)21-3/h9-10,17H,4-8,11H2,1-3H3/t16-/m1/s1. The number of methoxy groups -OCH3 is 1. The fraction of sp³-hybridized carbons (Fsp3) is 0.625. The van der Waals surface area contributed by atoms with Crippen LogP contribution in [0.25, 0.3) is 0 Å². The van der Waals surface area contributed by atoms with Crippen molar-refractivity contribution in [2.75, 3.05) is 20.2 Å². The molecule has 0 saturated carbocycles. The van der Waals surface area contributed by atoms with E-state index in [1.807, 2.05) is 4.90 Å². The Morgan fingerprint density at radius 1 is 1.48 bits per heavy atom. The maximum atomic E-state index is 12.6. The van der Waals surface area contributed by atoms with E-state index in [4.69, 9.17) is 0 Å². The largest absolute Gasteiger partial charge is 0.464 e. The highest BCUT2D eigenvalue weighted by Gasteiger charge is 2.33. The van der Waals surface area contributed by atoms with Crippen molar-refractivity contribution >= 4 is 11.9 Å². The molecule has 1 aliphatic heterocycles. The van der Waals surface area contributed by atoms with Gasteiger partial charge in [0.05, 0.1) is 12.7 Å². The summed E-state index contributed by atoms with van der Waals surface area (Å²) >= 11 is 0. The summed E-state index contributed by atoms with van der Waals surface area (Å²) in [5.74, 6) is -0.466. The number of ether oxygens (including phenoxy) is 1. The first kappa shape index (κ1) is 15.6. The summed E-state index contributed by atoms with van der Waals surface area (Å²) in [6, 6.07) is 1.57. The molecule has 0 bridgehead atoms. The molecule has 2 rings (SSSR count). The van der Waals surface area contributed by atoms with Crippen LogP contribution in [0.1, 0.15) is 60.4 Å². The second-order valence-corrected chi connectivity index (χ2v) is 6.18. The quantitative estimate of drug-likeness (QED) is 0.868. The smallest absolute Gasteiger partial charge is 0.354 e. The van der Waals surface area contributed by atoms with Crippen LogP contribution in [-0.4, -0.2) is 42.0 Å². The van der Waals surface area contributed by atoms with Crippen LogP contribution >= 0.6 is 0 Å². The SMILES string of the molecule is CCC[C@]1(C)CCCN(C(=O)c2c[nH]c(C(=O)OC)c2)C1. The second-order valence-electron chi connectivity index (χ2n) is 6.18. The summed E-state index contributed by atoms with van der Waals surface area (Å²) < 4.78 is 4.64. The van der Waals surface area contributed by atoms with E-state index >= 15 is 0 Å². The average Bonchev–Trinajstić information content (AvgIpc) is 2.95. The highest BCUT2D eigenvalue weighted by Crippen LogP contribution is 2.34. The first-order valence-electron chi connectivity index (χ1n) is 7.55. The Bertz CT molecular complexity index is 519. The molecule has 1 atom stereocenters. The number of amides is 1. The highest BCUT2D eigenvalue weighted by molar-refractivity contribution is 5.97. The number of rotatable bonds is 4. The number of H-pyrrole nitrogens is 1. The molecule has 1 N–H and O–H groups in total. The lowest BCUT2D eigenvalue weighted by Gasteiger charge is -2.40. The lowest BCUT2D eigenvalue weighted by molar-refractivity contribution is 0.0530. The first-order valence-corrected chi connectivity index (χ1v) is 7.55. The van der Waals surface area contributed by atoms with E-state index < -0.39 is 5.97 Å². The number of carbonyl (C=O) groups excluding carboxylic acids is 2. The minimum absolute atomic E-state index is 0.0107. The fourth-order valence-corrected chi connectivity index (χ4v) is 3.22. The van der Waals surface area contributed by atoms with Crippen LogP contribution < -0.4 is 0 Å². The Kier molecular flexibility index (Phi) is 4.70. The Morgan fingerprint density at radius 2 is 2.24 bits per heavy atom. The van der Waals surface area contributed by atoms with Gasteiger partial charge in [0.2, 0.25) is 0 Å². The van der Waals surface area contributed by atoms with Crippen LogP contribution in [0.15, 0.2) is 12.3 Å². The van der Waals surface area contributed by atoms with Crippen molar-refractivity contribution in [1.82, 2.24) is 9.88 Å². The third-order valence-corrected chi connectivity index (χ3v) is 4.26. The van der Waals surface area contributed by atoms with Crippen molar-refractivity contribution in [1.29, 1.82) is 0 Å². The number of aromatic amines is 1. The van der Waals surface area contributed by atoms with Crippen LogP contribution in [-0.2, 0) is 4.74 Å². The maximum Gasteiger partial charge on any atom is 0.354 e. The molecule has 1 amide bonds. The molecule has 0 aliphatic carbocycles. The molecular weight excluding hydrogens is 268 g/mol. The summed E-state index contributed by atoms with van der Waals surface area (Å²) in [6.07, 6.45) is 6.06. The molecular formula is C16H24N2O3. The third-order valence-electron chi connectivity index (χ3n) is 4.26. The monoisotopic (exact) mass is 292 g/mol. The fourth-order valence-electron chi connectivity index (χ4n) is 3.22. The summed E-state index contributed by atoms with van der Waals surface area (Å²) in [6.45, 7) is 6.02. The van der Waals surface area contributed by atoms with Gasteiger partial charge in [0.1, 0.15) is 5.69 Å². The van der Waals surface area contributed by atoms with E-state index in [9.17, 15) is 9.59 Å². The Hall–Kier alpha value is -1.78. The van der Waals surface area contributed by atoms with Gasteiger partial charge in [-0.25, -0.2) is 4.79 Å². The van der Waals surface area contributed by atoms with E-state index in [0.717, 1.165) is 32.4 Å². The van der Waals surface area contributed by atoms with Gasteiger partial charge in [-0.1, -0.05) is 20.3 Å². The number of carbonyl (C=O) groups is 2. The molecule has 1 aromatic rings. The minimum atomic E-state index is -0.455. The zero-order valence-corrected chi connectivity index (χ0v) is 13.1. The molecule has 0 aromatic carbocycles. The normalized spacial score (nSPS) is 22.1. The van der Waals surface area contributed by atoms with Gasteiger partial charge in [-0.2, -0.15) is 0 Å². The van der Waals surface area contributed by atoms with Crippen molar-refractivity contribution < 1.29 is 14.3 Å². The van der Waals surface area contributed by atoms with Gasteiger partial charge < -0.3 is 14.6 Å². The molecule has 21 heavy (non-hydrogen) atoms. The number of aromatic nitrogens is 1. The van der Waals surface area contributed by atoms with Crippen LogP contribution in [0.2, 0.25) is 0 Å².